The topological polar surface area (TPSA) is 75.2 Å². The smallest absolute Gasteiger partial charge is 0.141 e. The maximum atomic E-state index is 7.41. The highest BCUT2D eigenvalue weighted by molar-refractivity contribution is 5.93. The van der Waals surface area contributed by atoms with Gasteiger partial charge in [0.1, 0.15) is 11.5 Å². The molecule has 0 bridgehead atoms. The fraction of sp³-hybridized carbons (Fsp3) is 0.538. The number of rotatable bonds is 4. The fourth-order valence-electron chi connectivity index (χ4n) is 2.23. The summed E-state index contributed by atoms with van der Waals surface area (Å²) < 4.78 is 5.49. The molecule has 3 N–H and O–H groups in total. The maximum Gasteiger partial charge on any atom is 0.141 e. The van der Waals surface area contributed by atoms with E-state index in [0.29, 0.717) is 11.7 Å². The van der Waals surface area contributed by atoms with Crippen molar-refractivity contribution in [3.63, 3.8) is 0 Å². The van der Waals surface area contributed by atoms with E-state index in [2.05, 4.69) is 16.8 Å². The van der Waals surface area contributed by atoms with Crippen molar-refractivity contribution < 1.29 is 4.74 Å². The van der Waals surface area contributed by atoms with Gasteiger partial charge in [-0.05, 0) is 24.1 Å². The number of hydrogen-bond acceptors (Lipinski definition) is 4. The highest BCUT2D eigenvalue weighted by Gasteiger charge is 2.21. The van der Waals surface area contributed by atoms with Gasteiger partial charge in [-0.15, -0.1) is 0 Å². The molecule has 1 atom stereocenters. The molecule has 1 aliphatic rings. The molecule has 2 rings (SSSR count). The molecule has 18 heavy (non-hydrogen) atoms. The van der Waals surface area contributed by atoms with Gasteiger partial charge in [0.25, 0.3) is 0 Å². The summed E-state index contributed by atoms with van der Waals surface area (Å²) in [4.78, 5) is 6.50. The van der Waals surface area contributed by atoms with E-state index in [4.69, 9.17) is 15.9 Å². The minimum Gasteiger partial charge on any atom is -0.382 e. The van der Waals surface area contributed by atoms with Crippen molar-refractivity contribution in [2.75, 3.05) is 19.8 Å². The Hall–Kier alpha value is -1.46. The zero-order chi connectivity index (χ0) is 13.0. The lowest BCUT2D eigenvalue weighted by Gasteiger charge is -2.35. The first kappa shape index (κ1) is 13.0. The van der Waals surface area contributed by atoms with Crippen LogP contribution in [0.5, 0.6) is 0 Å². The molecule has 0 aromatic carbocycles. The van der Waals surface area contributed by atoms with Crippen LogP contribution in [-0.4, -0.2) is 41.5 Å². The van der Waals surface area contributed by atoms with Crippen LogP contribution in [0.15, 0.2) is 18.3 Å². The molecule has 2 heterocycles. The van der Waals surface area contributed by atoms with E-state index in [1.54, 1.807) is 6.20 Å². The van der Waals surface area contributed by atoms with Gasteiger partial charge < -0.3 is 10.5 Å². The second-order valence-corrected chi connectivity index (χ2v) is 4.57. The number of nitrogens with one attached hydrogen (secondary N) is 1. The second-order valence-electron chi connectivity index (χ2n) is 4.57. The zero-order valence-electron chi connectivity index (χ0n) is 10.7. The van der Waals surface area contributed by atoms with E-state index in [9.17, 15) is 0 Å². The molecule has 98 valence electrons. The molecule has 5 heteroatoms. The van der Waals surface area contributed by atoms with Gasteiger partial charge in [0.15, 0.2) is 0 Å². The number of nitrogens with two attached hydrogens (primary N) is 1. The van der Waals surface area contributed by atoms with Crippen molar-refractivity contribution >= 4 is 5.84 Å². The third kappa shape index (κ3) is 3.05. The highest BCUT2D eigenvalue weighted by atomic mass is 16.5. The third-order valence-corrected chi connectivity index (χ3v) is 3.31. The van der Waals surface area contributed by atoms with E-state index in [1.165, 1.54) is 0 Å². The summed E-state index contributed by atoms with van der Waals surface area (Å²) >= 11 is 0. The molecule has 5 nitrogen and oxygen atoms in total. The van der Waals surface area contributed by atoms with Crippen LogP contribution < -0.4 is 5.73 Å². The van der Waals surface area contributed by atoms with Crippen LogP contribution in [0, 0.1) is 5.41 Å². The van der Waals surface area contributed by atoms with Gasteiger partial charge in [0.05, 0.1) is 13.2 Å². The van der Waals surface area contributed by atoms with Crippen LogP contribution in [0.1, 0.15) is 24.6 Å². The maximum absolute atomic E-state index is 7.41. The molecule has 1 fully saturated rings. The largest absolute Gasteiger partial charge is 0.382 e. The minimum atomic E-state index is 0.0193. The first-order valence-corrected chi connectivity index (χ1v) is 6.32. The number of amidine groups is 1. The van der Waals surface area contributed by atoms with Crippen LogP contribution in [-0.2, 0) is 11.3 Å². The average Bonchev–Trinajstić information content (AvgIpc) is 2.39. The van der Waals surface area contributed by atoms with Crippen LogP contribution in [0.4, 0.5) is 0 Å². The zero-order valence-corrected chi connectivity index (χ0v) is 10.7. The number of nitrogens with zero attached hydrogens (tertiary/aromatic N) is 2. The lowest BCUT2D eigenvalue weighted by Crippen LogP contribution is -2.44. The van der Waals surface area contributed by atoms with Gasteiger partial charge in [0, 0.05) is 25.3 Å². The monoisotopic (exact) mass is 248 g/mol. The molecule has 1 saturated heterocycles. The molecule has 1 unspecified atom stereocenters. The summed E-state index contributed by atoms with van der Waals surface area (Å²) in [6, 6.07) is 4.35. The quantitative estimate of drug-likeness (QED) is 0.615. The minimum absolute atomic E-state index is 0.0193. The number of morpholine rings is 1. The number of ether oxygens (including phenoxy) is 1. The van der Waals surface area contributed by atoms with Crippen LogP contribution in [0.25, 0.3) is 0 Å². The third-order valence-electron chi connectivity index (χ3n) is 3.31. The summed E-state index contributed by atoms with van der Waals surface area (Å²) in [5, 5.41) is 7.41. The average molecular weight is 248 g/mol. The molecule has 1 aromatic rings. The lowest BCUT2D eigenvalue weighted by atomic mass is 10.1. The number of nitrogen functional groups attached to an aromatic ring is 1. The number of pyridine rings is 1. The van der Waals surface area contributed by atoms with Crippen molar-refractivity contribution in [2.45, 2.75) is 25.9 Å². The Balaban J connectivity index is 2.07. The van der Waals surface area contributed by atoms with Crippen LogP contribution >= 0.6 is 0 Å². The van der Waals surface area contributed by atoms with Crippen molar-refractivity contribution in [3.8, 4) is 0 Å². The molecule has 1 aromatic heterocycles. The van der Waals surface area contributed by atoms with Crippen LogP contribution in [0.2, 0.25) is 0 Å². The molecule has 0 saturated carbocycles. The first-order valence-electron chi connectivity index (χ1n) is 6.32. The summed E-state index contributed by atoms with van der Waals surface area (Å²) in [6.45, 7) is 5.60. The van der Waals surface area contributed by atoms with E-state index in [1.807, 2.05) is 12.1 Å². The fourth-order valence-corrected chi connectivity index (χ4v) is 2.23. The van der Waals surface area contributed by atoms with Gasteiger partial charge in [-0.25, -0.2) is 0 Å². The van der Waals surface area contributed by atoms with E-state index in [0.717, 1.165) is 38.3 Å². The van der Waals surface area contributed by atoms with E-state index in [-0.39, 0.29) is 5.84 Å². The molecule has 1 aliphatic heterocycles. The Morgan fingerprint density at radius 2 is 2.50 bits per heavy atom. The van der Waals surface area contributed by atoms with Crippen molar-refractivity contribution in [1.82, 2.24) is 9.88 Å². The second kappa shape index (κ2) is 5.93. The summed E-state index contributed by atoms with van der Waals surface area (Å²) in [7, 11) is 0. The standard InChI is InChI=1S/C13H20N4O/c1-2-11-9-18-6-5-17(11)8-10-3-4-16-12(7-10)13(14)15/h3-4,7,11H,2,5-6,8-9H2,1H3,(H3,14,15). The molecule has 0 amide bonds. The predicted molar refractivity (Wildman–Crippen MR) is 70.6 cm³/mol. The van der Waals surface area contributed by atoms with Crippen molar-refractivity contribution in [2.24, 2.45) is 5.73 Å². The SMILES string of the molecule is CCC1COCCN1Cc1ccnc(C(=N)N)c1. The Morgan fingerprint density at radius 3 is 3.22 bits per heavy atom. The van der Waals surface area contributed by atoms with Gasteiger partial charge in [-0.1, -0.05) is 6.92 Å². The summed E-state index contributed by atoms with van der Waals surface area (Å²) in [5.41, 5.74) is 7.15. The van der Waals surface area contributed by atoms with Gasteiger partial charge in [0.2, 0.25) is 0 Å². The van der Waals surface area contributed by atoms with Crippen molar-refractivity contribution in [3.05, 3.63) is 29.6 Å². The van der Waals surface area contributed by atoms with Crippen LogP contribution in [0.3, 0.4) is 0 Å². The summed E-state index contributed by atoms with van der Waals surface area (Å²) in [5.74, 6) is 0.0193. The van der Waals surface area contributed by atoms with E-state index >= 15 is 0 Å². The summed E-state index contributed by atoms with van der Waals surface area (Å²) in [6.07, 6.45) is 2.80. The number of hydrogen-bond donors (Lipinski definition) is 2. The normalized spacial score (nSPS) is 20.8. The Bertz CT molecular complexity index is 421. The Labute approximate surface area is 107 Å². The van der Waals surface area contributed by atoms with Gasteiger partial charge >= 0.3 is 0 Å². The van der Waals surface area contributed by atoms with E-state index < -0.39 is 0 Å². The highest BCUT2D eigenvalue weighted by Crippen LogP contribution is 2.14. The molecule has 0 spiro atoms. The lowest BCUT2D eigenvalue weighted by molar-refractivity contribution is -0.0127. The van der Waals surface area contributed by atoms with Gasteiger partial charge in [-0.2, -0.15) is 0 Å². The van der Waals surface area contributed by atoms with Gasteiger partial charge in [-0.3, -0.25) is 15.3 Å². The molecular formula is C13H20N4O. The molecular weight excluding hydrogens is 228 g/mol. The number of aromatic nitrogens is 1. The Kier molecular flexibility index (Phi) is 4.28. The Morgan fingerprint density at radius 1 is 1.67 bits per heavy atom. The molecule has 0 radical (unpaired) electrons. The predicted octanol–water partition coefficient (Wildman–Crippen LogP) is 0.976. The first-order chi connectivity index (χ1) is 8.70. The molecule has 0 aliphatic carbocycles. The van der Waals surface area contributed by atoms with Crippen molar-refractivity contribution in [1.29, 1.82) is 5.41 Å².